The van der Waals surface area contributed by atoms with E-state index in [9.17, 15) is 0 Å². The Morgan fingerprint density at radius 2 is 0.662 bits per heavy atom. The molecule has 14 rings (SSSR count). The quantitative estimate of drug-likeness (QED) is 0.145. The molecule has 0 unspecified atom stereocenters. The molecule has 0 saturated heterocycles. The lowest BCUT2D eigenvalue weighted by Gasteiger charge is -2.15. The molecule has 5 nitrogen and oxygen atoms in total. The molecule has 0 bridgehead atoms. The van der Waals surface area contributed by atoms with Crippen molar-refractivity contribution in [2.75, 3.05) is 0 Å². The van der Waals surface area contributed by atoms with Crippen LogP contribution < -0.4 is 0 Å². The van der Waals surface area contributed by atoms with Crippen molar-refractivity contribution in [3.63, 3.8) is 0 Å². The molecule has 14 aromatic rings. The Balaban J connectivity index is 0.840. The first-order valence-electron chi connectivity index (χ1n) is 25.0. The average molecular weight is 945 g/mol. The van der Waals surface area contributed by atoms with Crippen LogP contribution in [0.1, 0.15) is 0 Å². The molecule has 0 spiro atoms. The van der Waals surface area contributed by atoms with Gasteiger partial charge < -0.3 is 8.98 Å². The van der Waals surface area contributed by atoms with Crippen molar-refractivity contribution in [1.29, 1.82) is 0 Å². The van der Waals surface area contributed by atoms with Crippen LogP contribution >= 0.6 is 0 Å². The Morgan fingerprint density at radius 1 is 0.257 bits per heavy atom. The normalized spacial score (nSPS) is 11.5. The molecular weight excluding hydrogens is 901 g/mol. The van der Waals surface area contributed by atoms with E-state index in [0.717, 1.165) is 111 Å². The van der Waals surface area contributed by atoms with Crippen molar-refractivity contribution in [2.45, 2.75) is 0 Å². The van der Waals surface area contributed by atoms with Gasteiger partial charge in [0.15, 0.2) is 17.5 Å². The monoisotopic (exact) mass is 944 g/mol. The van der Waals surface area contributed by atoms with Gasteiger partial charge in [0.05, 0.1) is 11.0 Å². The van der Waals surface area contributed by atoms with Gasteiger partial charge in [0.1, 0.15) is 11.2 Å². The standard InChI is InChI=1S/C69H44N4O/c1-3-16-45(17-4-1)47-30-34-49(35-31-47)67-70-68(50-36-32-48(33-37-50)46-18-5-2-6-19-46)72-69(71-67)51-38-41-53(42-39-51)73-63-28-13-11-24-58(63)62-44-52(40-43-64(62)73)54-20-7-8-21-55(54)56-22-9-10-23-57(56)60-26-15-27-61-59-25-12-14-29-65(59)74-66(60)61/h1-44H. The number of aromatic nitrogens is 4. The fourth-order valence-corrected chi connectivity index (χ4v) is 10.7. The van der Waals surface area contributed by atoms with Gasteiger partial charge in [-0.2, -0.15) is 0 Å². The van der Waals surface area contributed by atoms with E-state index in [2.05, 4.69) is 247 Å². The van der Waals surface area contributed by atoms with E-state index in [-0.39, 0.29) is 0 Å². The van der Waals surface area contributed by atoms with Gasteiger partial charge in [0.25, 0.3) is 0 Å². The third-order valence-corrected chi connectivity index (χ3v) is 14.3. The van der Waals surface area contributed by atoms with Crippen LogP contribution in [0.25, 0.3) is 139 Å². The second-order valence-electron chi connectivity index (χ2n) is 18.7. The minimum absolute atomic E-state index is 0.609. The third kappa shape index (κ3) is 7.54. The van der Waals surface area contributed by atoms with E-state index < -0.39 is 0 Å². The Bertz CT molecular complexity index is 4280. The minimum Gasteiger partial charge on any atom is -0.455 e. The van der Waals surface area contributed by atoms with E-state index in [4.69, 9.17) is 19.4 Å². The molecular formula is C69H44N4O. The fourth-order valence-electron chi connectivity index (χ4n) is 10.7. The number of fused-ring (bicyclic) bond motifs is 6. The van der Waals surface area contributed by atoms with Crippen LogP contribution in [0.4, 0.5) is 0 Å². The van der Waals surface area contributed by atoms with Crippen molar-refractivity contribution >= 4 is 43.7 Å². The van der Waals surface area contributed by atoms with Crippen LogP contribution in [-0.2, 0) is 0 Å². The van der Waals surface area contributed by atoms with Crippen LogP contribution in [-0.4, -0.2) is 19.5 Å². The van der Waals surface area contributed by atoms with Crippen LogP contribution in [0.5, 0.6) is 0 Å². The highest BCUT2D eigenvalue weighted by atomic mass is 16.3. The maximum atomic E-state index is 6.56. The molecule has 0 radical (unpaired) electrons. The molecule has 0 amide bonds. The first kappa shape index (κ1) is 42.9. The van der Waals surface area contributed by atoms with E-state index >= 15 is 0 Å². The number of hydrogen-bond acceptors (Lipinski definition) is 4. The Kier molecular flexibility index (Phi) is 10.4. The van der Waals surface area contributed by atoms with Crippen molar-refractivity contribution in [3.05, 3.63) is 267 Å². The summed E-state index contributed by atoms with van der Waals surface area (Å²) in [6.45, 7) is 0. The van der Waals surface area contributed by atoms with E-state index in [1.165, 1.54) is 10.8 Å². The lowest BCUT2D eigenvalue weighted by molar-refractivity contribution is 0.670. The molecule has 3 heterocycles. The van der Waals surface area contributed by atoms with Gasteiger partial charge in [-0.25, -0.2) is 15.0 Å². The highest BCUT2D eigenvalue weighted by Gasteiger charge is 2.20. The Labute approximate surface area is 428 Å². The topological polar surface area (TPSA) is 56.7 Å². The molecule has 0 saturated carbocycles. The highest BCUT2D eigenvalue weighted by Crippen LogP contribution is 2.44. The summed E-state index contributed by atoms with van der Waals surface area (Å²) in [5.41, 5.74) is 19.3. The van der Waals surface area contributed by atoms with Crippen LogP contribution in [0.15, 0.2) is 271 Å². The van der Waals surface area contributed by atoms with E-state index in [1.807, 2.05) is 24.3 Å². The zero-order valence-electron chi connectivity index (χ0n) is 40.1. The van der Waals surface area contributed by atoms with E-state index in [0.29, 0.717) is 17.5 Å². The van der Waals surface area contributed by atoms with Gasteiger partial charge in [-0.15, -0.1) is 0 Å². The smallest absolute Gasteiger partial charge is 0.164 e. The molecule has 11 aromatic carbocycles. The van der Waals surface area contributed by atoms with Crippen molar-refractivity contribution < 1.29 is 4.42 Å². The molecule has 0 aliphatic rings. The van der Waals surface area contributed by atoms with Gasteiger partial charge >= 0.3 is 0 Å². The van der Waals surface area contributed by atoms with Gasteiger partial charge in [-0.05, 0) is 98.6 Å². The Morgan fingerprint density at radius 3 is 1.27 bits per heavy atom. The summed E-state index contributed by atoms with van der Waals surface area (Å²) < 4.78 is 8.92. The summed E-state index contributed by atoms with van der Waals surface area (Å²) >= 11 is 0. The van der Waals surface area contributed by atoms with Crippen LogP contribution in [0.3, 0.4) is 0 Å². The molecule has 0 fully saturated rings. The minimum atomic E-state index is 0.609. The first-order valence-corrected chi connectivity index (χ1v) is 25.0. The maximum absolute atomic E-state index is 6.56. The lowest BCUT2D eigenvalue weighted by atomic mass is 9.88. The van der Waals surface area contributed by atoms with Gasteiger partial charge in [-0.1, -0.05) is 218 Å². The largest absolute Gasteiger partial charge is 0.455 e. The zero-order valence-corrected chi connectivity index (χ0v) is 40.1. The predicted molar refractivity (Wildman–Crippen MR) is 305 cm³/mol. The number of nitrogens with zero attached hydrogens (tertiary/aromatic N) is 4. The first-order chi connectivity index (χ1) is 36.7. The lowest BCUT2D eigenvalue weighted by Crippen LogP contribution is -2.00. The second kappa shape index (κ2) is 18.0. The fraction of sp³-hybridized carbons (Fsp3) is 0. The summed E-state index contributed by atoms with van der Waals surface area (Å²) in [7, 11) is 0. The number of hydrogen-bond donors (Lipinski definition) is 0. The molecule has 346 valence electrons. The second-order valence-corrected chi connectivity index (χ2v) is 18.7. The third-order valence-electron chi connectivity index (χ3n) is 14.3. The summed E-state index contributed by atoms with van der Waals surface area (Å²) in [4.78, 5) is 15.4. The molecule has 0 N–H and O–H groups in total. The Hall–Kier alpha value is -9.97. The summed E-state index contributed by atoms with van der Waals surface area (Å²) in [5, 5.41) is 4.61. The molecule has 74 heavy (non-hydrogen) atoms. The maximum Gasteiger partial charge on any atom is 0.164 e. The average Bonchev–Trinajstić information content (AvgIpc) is 4.03. The number of para-hydroxylation sites is 3. The number of furan rings is 1. The van der Waals surface area contributed by atoms with E-state index in [1.54, 1.807) is 0 Å². The molecule has 5 heteroatoms. The number of rotatable bonds is 9. The highest BCUT2D eigenvalue weighted by molar-refractivity contribution is 6.12. The predicted octanol–water partition coefficient (Wildman–Crippen LogP) is 18.2. The SMILES string of the molecule is c1ccc(-c2ccc(-c3nc(-c4ccc(-c5ccccc5)cc4)nc(-c4ccc(-n5c6ccccc6c6cc(-c7ccccc7-c7ccccc7-c7cccc8c7oc7ccccc78)ccc65)cc4)n3)cc2)cc1. The van der Waals surface area contributed by atoms with Gasteiger partial charge in [0, 0.05) is 49.5 Å². The van der Waals surface area contributed by atoms with Crippen molar-refractivity contribution in [2.24, 2.45) is 0 Å². The number of benzene rings is 11. The molecule has 3 aromatic heterocycles. The molecule has 0 atom stereocenters. The summed E-state index contributed by atoms with van der Waals surface area (Å²) in [6.07, 6.45) is 0. The van der Waals surface area contributed by atoms with Gasteiger partial charge in [0.2, 0.25) is 0 Å². The van der Waals surface area contributed by atoms with Crippen molar-refractivity contribution in [1.82, 2.24) is 19.5 Å². The van der Waals surface area contributed by atoms with Gasteiger partial charge in [-0.3, -0.25) is 0 Å². The molecule has 0 aliphatic heterocycles. The van der Waals surface area contributed by atoms with Crippen molar-refractivity contribution in [3.8, 4) is 95.5 Å². The summed E-state index contributed by atoms with van der Waals surface area (Å²) in [5.74, 6) is 1.84. The molecule has 0 aliphatic carbocycles. The van der Waals surface area contributed by atoms with Crippen LogP contribution in [0, 0.1) is 0 Å². The van der Waals surface area contributed by atoms with Crippen LogP contribution in [0.2, 0.25) is 0 Å². The zero-order chi connectivity index (χ0) is 49.0. The summed E-state index contributed by atoms with van der Waals surface area (Å²) in [6, 6.07) is 94.2.